The molecule has 3 aromatic heterocycles. The van der Waals surface area contributed by atoms with Crippen LogP contribution in [0.15, 0.2) is 95.7 Å². The number of fused-ring (bicyclic) bond motifs is 7. The highest BCUT2D eigenvalue weighted by Gasteiger charge is 2.47. The van der Waals surface area contributed by atoms with Crippen LogP contribution >= 0.6 is 0 Å². The lowest BCUT2D eigenvalue weighted by Crippen LogP contribution is -2.38. The van der Waals surface area contributed by atoms with E-state index in [9.17, 15) is 0 Å². The van der Waals surface area contributed by atoms with E-state index in [2.05, 4.69) is 90.4 Å². The minimum Gasteiger partial charge on any atom is -0.453 e. The van der Waals surface area contributed by atoms with E-state index >= 15 is 0 Å². The third kappa shape index (κ3) is 3.38. The van der Waals surface area contributed by atoms with Gasteiger partial charge in [-0.3, -0.25) is 4.98 Å². The molecule has 2 aliphatic carbocycles. The van der Waals surface area contributed by atoms with Crippen LogP contribution in [0.25, 0.3) is 44.5 Å². The number of hydrogen-bond acceptors (Lipinski definition) is 2. The molecular weight excluding hydrogens is 500 g/mol. The van der Waals surface area contributed by atoms with Crippen molar-refractivity contribution in [2.45, 2.75) is 57.2 Å². The molecular formula is C38H35N2O+. The Morgan fingerprint density at radius 2 is 1.63 bits per heavy atom. The standard InChI is InChI=1S/C38H35N2O/c1-24-13-15-27-35-33(12-9-20-39-35)41-36(27)34(24)32-23-26(17-21-40(32)4)25-14-16-29-31(22-25)38(18-7-8-19-38)30-11-6-5-10-28(30)37(29,2)3/h5-6,9-17,20-23H,7-8,18-19H2,1-4H3/q+1/i2D3. The second-order valence-corrected chi connectivity index (χ2v) is 12.2. The summed E-state index contributed by atoms with van der Waals surface area (Å²) >= 11 is 0. The van der Waals surface area contributed by atoms with Crippen LogP contribution in [-0.4, -0.2) is 4.98 Å². The first-order valence-electron chi connectivity index (χ1n) is 16.2. The molecule has 1 unspecified atom stereocenters. The maximum absolute atomic E-state index is 8.75. The Kier molecular flexibility index (Phi) is 4.53. The Hall–Kier alpha value is -4.24. The molecule has 0 bridgehead atoms. The molecule has 0 aliphatic heterocycles. The summed E-state index contributed by atoms with van der Waals surface area (Å²) in [5.41, 5.74) is 10.9. The van der Waals surface area contributed by atoms with Crippen molar-refractivity contribution < 1.29 is 13.1 Å². The largest absolute Gasteiger partial charge is 0.453 e. The predicted molar refractivity (Wildman–Crippen MR) is 166 cm³/mol. The monoisotopic (exact) mass is 538 g/mol. The van der Waals surface area contributed by atoms with Crippen LogP contribution in [0.3, 0.4) is 0 Å². The van der Waals surface area contributed by atoms with Crippen LogP contribution in [0.1, 0.15) is 71.4 Å². The Morgan fingerprint density at radius 3 is 2.46 bits per heavy atom. The summed E-state index contributed by atoms with van der Waals surface area (Å²) in [4.78, 5) is 4.60. The quantitative estimate of drug-likeness (QED) is 0.206. The number of hydrogen-bond donors (Lipinski definition) is 0. The smallest absolute Gasteiger partial charge is 0.216 e. The number of pyridine rings is 2. The van der Waals surface area contributed by atoms with Crippen molar-refractivity contribution in [3.8, 4) is 22.4 Å². The van der Waals surface area contributed by atoms with Crippen LogP contribution in [0.4, 0.5) is 0 Å². The number of rotatable bonds is 2. The van der Waals surface area contributed by atoms with E-state index in [1.54, 1.807) is 6.20 Å². The maximum Gasteiger partial charge on any atom is 0.216 e. The molecule has 202 valence electrons. The van der Waals surface area contributed by atoms with Gasteiger partial charge in [-0.05, 0) is 83.0 Å². The molecule has 8 rings (SSSR count). The number of furan rings is 1. The Morgan fingerprint density at radius 1 is 0.854 bits per heavy atom. The van der Waals surface area contributed by atoms with Gasteiger partial charge >= 0.3 is 0 Å². The SMILES string of the molecule is [2H]C([2H])([2H])C1(C)c2ccccc2C2(CCCC2)c2cc(-c3cc[n+](C)c(-c4c(C)ccc5c4oc4cccnc45)c3)ccc21. The highest BCUT2D eigenvalue weighted by molar-refractivity contribution is 6.07. The minimum atomic E-state index is -2.19. The normalized spacial score (nSPS) is 20.5. The first-order valence-corrected chi connectivity index (χ1v) is 14.7. The number of aromatic nitrogens is 2. The summed E-state index contributed by atoms with van der Waals surface area (Å²) in [5.74, 6) is 0. The van der Waals surface area contributed by atoms with Gasteiger partial charge in [0.1, 0.15) is 12.6 Å². The number of nitrogens with zero attached hydrogens (tertiary/aromatic N) is 2. The molecule has 1 atom stereocenters. The average molecular weight is 539 g/mol. The molecule has 1 spiro atoms. The zero-order valence-electron chi connectivity index (χ0n) is 26.8. The topological polar surface area (TPSA) is 29.9 Å². The summed E-state index contributed by atoms with van der Waals surface area (Å²) in [5, 5.41) is 1.01. The molecule has 0 amide bonds. The summed E-state index contributed by atoms with van der Waals surface area (Å²) in [6.45, 7) is 1.86. The molecule has 3 nitrogen and oxygen atoms in total. The van der Waals surface area contributed by atoms with E-state index in [4.69, 9.17) is 8.53 Å². The lowest BCUT2D eigenvalue weighted by molar-refractivity contribution is -0.660. The molecule has 2 aliphatic rings. The molecule has 41 heavy (non-hydrogen) atoms. The summed E-state index contributed by atoms with van der Waals surface area (Å²) in [6, 6.07) is 27.4. The van der Waals surface area contributed by atoms with Gasteiger partial charge in [0, 0.05) is 38.7 Å². The zero-order valence-corrected chi connectivity index (χ0v) is 23.8. The minimum absolute atomic E-state index is 0.168. The summed E-state index contributed by atoms with van der Waals surface area (Å²) in [7, 11) is 2.07. The van der Waals surface area contributed by atoms with E-state index in [0.29, 0.717) is 0 Å². The second-order valence-electron chi connectivity index (χ2n) is 12.2. The van der Waals surface area contributed by atoms with Gasteiger partial charge in [0.05, 0.1) is 5.56 Å². The van der Waals surface area contributed by atoms with Crippen LogP contribution in [0.5, 0.6) is 0 Å². The van der Waals surface area contributed by atoms with Crippen LogP contribution < -0.4 is 4.57 Å². The fraction of sp³-hybridized carbons (Fsp3) is 0.263. The molecule has 0 N–H and O–H groups in total. The van der Waals surface area contributed by atoms with Gasteiger partial charge in [-0.2, -0.15) is 0 Å². The molecule has 0 radical (unpaired) electrons. The van der Waals surface area contributed by atoms with Gasteiger partial charge in [-0.15, -0.1) is 0 Å². The van der Waals surface area contributed by atoms with Crippen molar-refractivity contribution in [3.63, 3.8) is 0 Å². The predicted octanol–water partition coefficient (Wildman–Crippen LogP) is 8.95. The molecule has 1 fully saturated rings. The Balaban J connectivity index is 1.35. The van der Waals surface area contributed by atoms with Gasteiger partial charge in [-0.25, -0.2) is 4.57 Å². The van der Waals surface area contributed by atoms with Crippen molar-refractivity contribution in [2.24, 2.45) is 7.05 Å². The lowest BCUT2D eigenvalue weighted by Gasteiger charge is -2.46. The van der Waals surface area contributed by atoms with Crippen molar-refractivity contribution in [3.05, 3.63) is 119 Å². The molecule has 6 aromatic rings. The van der Waals surface area contributed by atoms with Gasteiger partial charge < -0.3 is 4.42 Å². The van der Waals surface area contributed by atoms with Gasteiger partial charge in [0.25, 0.3) is 0 Å². The van der Waals surface area contributed by atoms with Crippen molar-refractivity contribution in [1.82, 2.24) is 4.98 Å². The highest BCUT2D eigenvalue weighted by atomic mass is 16.3. The van der Waals surface area contributed by atoms with E-state index < -0.39 is 12.3 Å². The van der Waals surface area contributed by atoms with Gasteiger partial charge in [0.2, 0.25) is 5.69 Å². The first-order chi connectivity index (χ1) is 21.1. The van der Waals surface area contributed by atoms with E-state index in [-0.39, 0.29) is 5.41 Å². The van der Waals surface area contributed by atoms with E-state index in [1.165, 1.54) is 11.1 Å². The number of benzene rings is 3. The molecule has 1 saturated carbocycles. The van der Waals surface area contributed by atoms with Gasteiger partial charge in [0.15, 0.2) is 17.4 Å². The van der Waals surface area contributed by atoms with Crippen molar-refractivity contribution in [2.75, 3.05) is 0 Å². The van der Waals surface area contributed by atoms with Crippen molar-refractivity contribution >= 4 is 22.1 Å². The maximum atomic E-state index is 8.75. The third-order valence-corrected chi connectivity index (χ3v) is 9.86. The summed E-state index contributed by atoms with van der Waals surface area (Å²) < 4.78 is 34.8. The Bertz CT molecular complexity index is 2120. The molecule has 0 saturated heterocycles. The lowest BCUT2D eigenvalue weighted by atomic mass is 9.57. The highest BCUT2D eigenvalue weighted by Crippen LogP contribution is 2.57. The van der Waals surface area contributed by atoms with Gasteiger partial charge in [-0.1, -0.05) is 69.1 Å². The number of aryl methyl sites for hydroxylation is 2. The second kappa shape index (κ2) is 8.63. The zero-order chi connectivity index (χ0) is 30.4. The first kappa shape index (κ1) is 21.5. The van der Waals surface area contributed by atoms with Crippen LogP contribution in [-0.2, 0) is 17.9 Å². The Labute approximate surface area is 245 Å². The molecule has 3 heteroatoms. The fourth-order valence-corrected chi connectivity index (χ4v) is 7.77. The fourth-order valence-electron chi connectivity index (χ4n) is 7.77. The molecule has 3 aromatic carbocycles. The van der Waals surface area contributed by atoms with Crippen LogP contribution in [0, 0.1) is 6.92 Å². The average Bonchev–Trinajstić information content (AvgIpc) is 3.66. The third-order valence-electron chi connectivity index (χ3n) is 9.86. The van der Waals surface area contributed by atoms with E-state index in [1.807, 2.05) is 25.1 Å². The van der Waals surface area contributed by atoms with Crippen molar-refractivity contribution in [1.29, 1.82) is 0 Å². The summed E-state index contributed by atoms with van der Waals surface area (Å²) in [6.07, 6.45) is 8.27. The van der Waals surface area contributed by atoms with E-state index in [0.717, 1.165) is 86.8 Å². The molecule has 3 heterocycles. The van der Waals surface area contributed by atoms with Crippen LogP contribution in [0.2, 0.25) is 0 Å².